The fourth-order valence-electron chi connectivity index (χ4n) is 2.31. The Morgan fingerprint density at radius 1 is 1.32 bits per heavy atom. The number of hydrogen-bond donors (Lipinski definition) is 2. The van der Waals surface area contributed by atoms with Crippen LogP contribution < -0.4 is 14.9 Å². The maximum atomic E-state index is 12.2. The molecule has 0 heterocycles. The van der Waals surface area contributed by atoms with E-state index in [2.05, 4.69) is 17.1 Å². The van der Waals surface area contributed by atoms with Crippen LogP contribution in [0.3, 0.4) is 0 Å². The minimum Gasteiger partial charge on any atom is -0.504 e. The van der Waals surface area contributed by atoms with Gasteiger partial charge in [-0.15, -0.1) is 6.58 Å². The summed E-state index contributed by atoms with van der Waals surface area (Å²) < 4.78 is 10.7. The lowest BCUT2D eigenvalue weighted by Gasteiger charge is -2.14. The number of nitrogens with one attached hydrogen (secondary N) is 1. The highest BCUT2D eigenvalue weighted by Crippen LogP contribution is 2.31. The third-order valence-corrected chi connectivity index (χ3v) is 4.25. The summed E-state index contributed by atoms with van der Waals surface area (Å²) in [7, 11) is 1.45. The summed E-state index contributed by atoms with van der Waals surface area (Å²) in [6.45, 7) is 5.23. The quantitative estimate of drug-likeness (QED) is 0.376. The molecular weight excluding hydrogens is 403 g/mol. The summed E-state index contributed by atoms with van der Waals surface area (Å²) in [4.78, 5) is 12.2. The van der Waals surface area contributed by atoms with Crippen LogP contribution in [0.2, 0.25) is 10.0 Å². The maximum absolute atomic E-state index is 12.2. The molecule has 0 aliphatic heterocycles. The molecule has 2 rings (SSSR count). The van der Waals surface area contributed by atoms with Crippen LogP contribution in [-0.4, -0.2) is 30.4 Å². The standard InChI is InChI=1S/C20H20Cl2N2O4/c1-4-5-14-8-13(9-18(27-3)19(14)25)11-23-24-20(26)12(2)28-17-7-6-15(21)10-16(17)22/h4,6-12,25H,1,5H2,2-3H3,(H,24,26)/b23-11-/t12-/m1/s1. The molecule has 0 fully saturated rings. The molecule has 0 aliphatic carbocycles. The number of amides is 1. The first kappa shape index (κ1) is 21.6. The smallest absolute Gasteiger partial charge is 0.280 e. The van der Waals surface area contributed by atoms with Crippen LogP contribution in [0.25, 0.3) is 0 Å². The number of carbonyl (C=O) groups excluding carboxylic acids is 1. The summed E-state index contributed by atoms with van der Waals surface area (Å²) in [5, 5.41) is 14.8. The van der Waals surface area contributed by atoms with Crippen LogP contribution >= 0.6 is 23.2 Å². The normalized spacial score (nSPS) is 11.9. The number of carbonyl (C=O) groups is 1. The Kier molecular flexibility index (Phi) is 7.72. The van der Waals surface area contributed by atoms with Crippen molar-refractivity contribution in [2.75, 3.05) is 7.11 Å². The number of hydrazone groups is 1. The van der Waals surface area contributed by atoms with E-state index < -0.39 is 12.0 Å². The molecule has 6 nitrogen and oxygen atoms in total. The Hall–Kier alpha value is -2.70. The number of rotatable bonds is 8. The van der Waals surface area contributed by atoms with Gasteiger partial charge < -0.3 is 14.6 Å². The number of aromatic hydroxyl groups is 1. The topological polar surface area (TPSA) is 80.2 Å². The second-order valence-corrected chi connectivity index (χ2v) is 6.64. The number of allylic oxidation sites excluding steroid dienone is 1. The maximum Gasteiger partial charge on any atom is 0.280 e. The van der Waals surface area contributed by atoms with Gasteiger partial charge in [0.25, 0.3) is 5.91 Å². The summed E-state index contributed by atoms with van der Waals surface area (Å²) in [5.41, 5.74) is 3.67. The molecule has 0 aromatic heterocycles. The number of ether oxygens (including phenoxy) is 2. The highest BCUT2D eigenvalue weighted by atomic mass is 35.5. The highest BCUT2D eigenvalue weighted by Gasteiger charge is 2.16. The molecule has 0 saturated heterocycles. The number of phenolic OH excluding ortho intramolecular Hbond substituents is 1. The van der Waals surface area contributed by atoms with E-state index in [1.165, 1.54) is 19.4 Å². The van der Waals surface area contributed by atoms with E-state index >= 15 is 0 Å². The van der Waals surface area contributed by atoms with Gasteiger partial charge in [-0.1, -0.05) is 29.3 Å². The van der Waals surface area contributed by atoms with E-state index in [-0.39, 0.29) is 5.75 Å². The Morgan fingerprint density at radius 2 is 2.07 bits per heavy atom. The van der Waals surface area contributed by atoms with Crippen LogP contribution in [0.15, 0.2) is 48.1 Å². The second-order valence-electron chi connectivity index (χ2n) is 5.79. The molecule has 0 saturated carbocycles. The van der Waals surface area contributed by atoms with Crippen LogP contribution in [0.4, 0.5) is 0 Å². The molecule has 0 bridgehead atoms. The fourth-order valence-corrected chi connectivity index (χ4v) is 2.76. The van der Waals surface area contributed by atoms with Gasteiger partial charge in [-0.25, -0.2) is 5.43 Å². The van der Waals surface area contributed by atoms with Gasteiger partial charge in [0.15, 0.2) is 17.6 Å². The Labute approximate surface area is 173 Å². The van der Waals surface area contributed by atoms with Crippen molar-refractivity contribution in [2.24, 2.45) is 5.10 Å². The third kappa shape index (κ3) is 5.65. The first-order chi connectivity index (χ1) is 13.3. The van der Waals surface area contributed by atoms with Crippen molar-refractivity contribution < 1.29 is 19.4 Å². The van der Waals surface area contributed by atoms with E-state index in [0.717, 1.165) is 0 Å². The minimum atomic E-state index is -0.832. The summed E-state index contributed by atoms with van der Waals surface area (Å²) in [5.74, 6) is 0.237. The number of hydrogen-bond acceptors (Lipinski definition) is 5. The number of halogens is 2. The van der Waals surface area contributed by atoms with E-state index in [0.29, 0.717) is 39.1 Å². The van der Waals surface area contributed by atoms with Crippen LogP contribution in [0.5, 0.6) is 17.2 Å². The molecule has 2 N–H and O–H groups in total. The number of methoxy groups -OCH3 is 1. The average molecular weight is 423 g/mol. The number of benzene rings is 2. The van der Waals surface area contributed by atoms with Crippen molar-refractivity contribution in [3.63, 3.8) is 0 Å². The van der Waals surface area contributed by atoms with Crippen LogP contribution in [0, 0.1) is 0 Å². The van der Waals surface area contributed by atoms with Gasteiger partial charge in [0.1, 0.15) is 5.75 Å². The molecule has 148 valence electrons. The lowest BCUT2D eigenvalue weighted by molar-refractivity contribution is -0.127. The van der Waals surface area contributed by atoms with Gasteiger partial charge in [-0.2, -0.15) is 5.10 Å². The van der Waals surface area contributed by atoms with E-state index in [9.17, 15) is 9.90 Å². The van der Waals surface area contributed by atoms with E-state index in [4.69, 9.17) is 32.7 Å². The van der Waals surface area contributed by atoms with Gasteiger partial charge in [-0.3, -0.25) is 4.79 Å². The molecule has 0 unspecified atom stereocenters. The molecule has 2 aromatic carbocycles. The van der Waals surface area contributed by atoms with Crippen molar-refractivity contribution in [3.8, 4) is 17.2 Å². The molecular formula is C20H20Cl2N2O4. The Bertz CT molecular complexity index is 900. The second kappa shape index (κ2) is 10.0. The van der Waals surface area contributed by atoms with Crippen LogP contribution in [-0.2, 0) is 11.2 Å². The first-order valence-corrected chi connectivity index (χ1v) is 9.06. The first-order valence-electron chi connectivity index (χ1n) is 8.31. The minimum absolute atomic E-state index is 0.0467. The molecule has 1 amide bonds. The molecule has 2 aromatic rings. The predicted octanol–water partition coefficient (Wildman–Crippen LogP) is 4.35. The number of phenols is 1. The zero-order chi connectivity index (χ0) is 20.7. The molecule has 0 spiro atoms. The van der Waals surface area contributed by atoms with Gasteiger partial charge in [0.2, 0.25) is 0 Å². The van der Waals surface area contributed by atoms with E-state index in [1.54, 1.807) is 37.3 Å². The third-order valence-electron chi connectivity index (χ3n) is 3.72. The highest BCUT2D eigenvalue weighted by molar-refractivity contribution is 6.35. The van der Waals surface area contributed by atoms with Gasteiger partial charge in [0.05, 0.1) is 18.3 Å². The molecule has 0 aliphatic rings. The average Bonchev–Trinajstić information content (AvgIpc) is 2.66. The lowest BCUT2D eigenvalue weighted by Crippen LogP contribution is -2.33. The fraction of sp³-hybridized carbons (Fsp3) is 0.200. The van der Waals surface area contributed by atoms with Crippen LogP contribution in [0.1, 0.15) is 18.1 Å². The zero-order valence-electron chi connectivity index (χ0n) is 15.4. The Balaban J connectivity index is 2.04. The number of nitrogens with zero attached hydrogens (tertiary/aromatic N) is 1. The summed E-state index contributed by atoms with van der Waals surface area (Å²) >= 11 is 11.9. The molecule has 0 radical (unpaired) electrons. The van der Waals surface area contributed by atoms with Crippen molar-refractivity contribution >= 4 is 35.3 Å². The molecule has 1 atom stereocenters. The molecule has 8 heteroatoms. The van der Waals surface area contributed by atoms with Crippen molar-refractivity contribution in [3.05, 3.63) is 64.2 Å². The van der Waals surface area contributed by atoms with Gasteiger partial charge in [-0.05, 0) is 49.2 Å². The SMILES string of the molecule is C=CCc1cc(/C=N\NC(=O)[C@@H](C)Oc2ccc(Cl)cc2Cl)cc(OC)c1O. The van der Waals surface area contributed by atoms with Gasteiger partial charge in [0, 0.05) is 10.6 Å². The largest absolute Gasteiger partial charge is 0.504 e. The zero-order valence-corrected chi connectivity index (χ0v) is 16.9. The predicted molar refractivity (Wildman–Crippen MR) is 111 cm³/mol. The molecule has 28 heavy (non-hydrogen) atoms. The Morgan fingerprint density at radius 3 is 2.71 bits per heavy atom. The summed E-state index contributed by atoms with van der Waals surface area (Å²) in [6, 6.07) is 8.06. The lowest BCUT2D eigenvalue weighted by atomic mass is 10.1. The van der Waals surface area contributed by atoms with Gasteiger partial charge >= 0.3 is 0 Å². The summed E-state index contributed by atoms with van der Waals surface area (Å²) in [6.07, 6.45) is 2.73. The van der Waals surface area contributed by atoms with Crippen molar-refractivity contribution in [1.29, 1.82) is 0 Å². The van der Waals surface area contributed by atoms with E-state index in [1.807, 2.05) is 0 Å². The van der Waals surface area contributed by atoms with Crippen molar-refractivity contribution in [2.45, 2.75) is 19.4 Å². The monoisotopic (exact) mass is 422 g/mol. The van der Waals surface area contributed by atoms with Crippen molar-refractivity contribution in [1.82, 2.24) is 5.43 Å².